The lowest BCUT2D eigenvalue weighted by atomic mass is 9.85. The Morgan fingerprint density at radius 1 is 1.15 bits per heavy atom. The Labute approximate surface area is 124 Å². The molecule has 0 aliphatic heterocycles. The van der Waals surface area contributed by atoms with Crippen molar-refractivity contribution in [3.05, 3.63) is 30.3 Å². The minimum absolute atomic E-state index is 0.484. The zero-order valence-corrected chi connectivity index (χ0v) is 13.2. The molecule has 0 amide bonds. The van der Waals surface area contributed by atoms with Crippen LogP contribution >= 0.6 is 0 Å². The highest BCUT2D eigenvalue weighted by Gasteiger charge is 2.34. The van der Waals surface area contributed by atoms with E-state index in [2.05, 4.69) is 54.5 Å². The number of anilines is 1. The molecule has 1 aliphatic rings. The standard InChI is InChI=1S/C18H30N2/c1-3-4-14-20(17-10-6-5-7-11-17)16-18(15-19-2)12-8-9-13-18/h5-7,10-11,19H,3-4,8-9,12-16H2,1-2H3. The van der Waals surface area contributed by atoms with Crippen LogP contribution in [0.5, 0.6) is 0 Å². The van der Waals surface area contributed by atoms with Crippen molar-refractivity contribution in [2.75, 3.05) is 31.6 Å². The van der Waals surface area contributed by atoms with Gasteiger partial charge in [0.15, 0.2) is 0 Å². The second-order valence-corrected chi connectivity index (χ2v) is 6.35. The van der Waals surface area contributed by atoms with Gasteiger partial charge in [0, 0.05) is 30.7 Å². The quantitative estimate of drug-likeness (QED) is 0.768. The van der Waals surface area contributed by atoms with Crippen molar-refractivity contribution in [1.82, 2.24) is 5.32 Å². The van der Waals surface area contributed by atoms with Crippen molar-refractivity contribution in [2.24, 2.45) is 5.41 Å². The number of nitrogens with zero attached hydrogens (tertiary/aromatic N) is 1. The topological polar surface area (TPSA) is 15.3 Å². The first-order valence-electron chi connectivity index (χ1n) is 8.24. The van der Waals surface area contributed by atoms with Crippen LogP contribution in [0.3, 0.4) is 0 Å². The number of unbranched alkanes of at least 4 members (excludes halogenated alkanes) is 1. The van der Waals surface area contributed by atoms with E-state index in [1.165, 1.54) is 57.3 Å². The molecule has 0 radical (unpaired) electrons. The maximum Gasteiger partial charge on any atom is 0.0366 e. The van der Waals surface area contributed by atoms with Gasteiger partial charge in [-0.05, 0) is 38.4 Å². The molecule has 1 aliphatic carbocycles. The fraction of sp³-hybridized carbons (Fsp3) is 0.667. The van der Waals surface area contributed by atoms with E-state index in [9.17, 15) is 0 Å². The van der Waals surface area contributed by atoms with E-state index in [4.69, 9.17) is 0 Å². The molecule has 1 aromatic carbocycles. The summed E-state index contributed by atoms with van der Waals surface area (Å²) in [5.41, 5.74) is 1.88. The number of hydrogen-bond acceptors (Lipinski definition) is 2. The third-order valence-corrected chi connectivity index (χ3v) is 4.65. The fourth-order valence-corrected chi connectivity index (χ4v) is 3.58. The first-order chi connectivity index (χ1) is 9.79. The molecule has 2 heteroatoms. The summed E-state index contributed by atoms with van der Waals surface area (Å²) >= 11 is 0. The number of benzene rings is 1. The Hall–Kier alpha value is -1.02. The third kappa shape index (κ3) is 3.99. The Bertz CT molecular complexity index is 368. The number of nitrogens with one attached hydrogen (secondary N) is 1. The van der Waals surface area contributed by atoms with E-state index in [-0.39, 0.29) is 0 Å². The second kappa shape index (κ2) is 7.68. The summed E-state index contributed by atoms with van der Waals surface area (Å²) in [6.45, 7) is 5.83. The van der Waals surface area contributed by atoms with Crippen molar-refractivity contribution in [3.63, 3.8) is 0 Å². The minimum atomic E-state index is 0.484. The maximum atomic E-state index is 3.44. The number of para-hydroxylation sites is 1. The lowest BCUT2D eigenvalue weighted by Gasteiger charge is -2.37. The zero-order valence-electron chi connectivity index (χ0n) is 13.2. The molecule has 0 heterocycles. The van der Waals surface area contributed by atoms with Gasteiger partial charge in [-0.3, -0.25) is 0 Å². The molecular formula is C18H30N2. The minimum Gasteiger partial charge on any atom is -0.371 e. The van der Waals surface area contributed by atoms with Crippen molar-refractivity contribution in [2.45, 2.75) is 45.4 Å². The van der Waals surface area contributed by atoms with Crippen LogP contribution in [0.15, 0.2) is 30.3 Å². The van der Waals surface area contributed by atoms with E-state index in [1.807, 2.05) is 0 Å². The molecule has 1 fully saturated rings. The largest absolute Gasteiger partial charge is 0.371 e. The molecule has 1 saturated carbocycles. The normalized spacial score (nSPS) is 17.3. The number of hydrogen-bond donors (Lipinski definition) is 1. The number of rotatable bonds is 8. The summed E-state index contributed by atoms with van der Waals surface area (Å²) in [4.78, 5) is 2.62. The Morgan fingerprint density at radius 3 is 2.45 bits per heavy atom. The van der Waals surface area contributed by atoms with E-state index in [0.717, 1.165) is 6.54 Å². The van der Waals surface area contributed by atoms with E-state index in [1.54, 1.807) is 0 Å². The molecule has 0 spiro atoms. The van der Waals surface area contributed by atoms with Gasteiger partial charge in [-0.2, -0.15) is 0 Å². The van der Waals surface area contributed by atoms with Crippen molar-refractivity contribution in [3.8, 4) is 0 Å². The average Bonchev–Trinajstić information content (AvgIpc) is 2.93. The van der Waals surface area contributed by atoms with Gasteiger partial charge in [-0.15, -0.1) is 0 Å². The van der Waals surface area contributed by atoms with Crippen LogP contribution in [0.1, 0.15) is 45.4 Å². The first-order valence-corrected chi connectivity index (χ1v) is 8.24. The highest BCUT2D eigenvalue weighted by Crippen LogP contribution is 2.39. The summed E-state index contributed by atoms with van der Waals surface area (Å²) in [6.07, 6.45) is 8.11. The lowest BCUT2D eigenvalue weighted by Crippen LogP contribution is -2.42. The van der Waals surface area contributed by atoms with Crippen LogP contribution in [0, 0.1) is 5.41 Å². The SMILES string of the molecule is CCCCN(CC1(CNC)CCCC1)c1ccccc1. The molecule has 0 unspecified atom stereocenters. The highest BCUT2D eigenvalue weighted by molar-refractivity contribution is 5.46. The van der Waals surface area contributed by atoms with E-state index >= 15 is 0 Å². The zero-order chi connectivity index (χ0) is 14.3. The molecule has 0 bridgehead atoms. The Morgan fingerprint density at radius 2 is 1.85 bits per heavy atom. The van der Waals surface area contributed by atoms with E-state index in [0.29, 0.717) is 5.41 Å². The Balaban J connectivity index is 2.10. The maximum absolute atomic E-state index is 3.44. The van der Waals surface area contributed by atoms with Crippen molar-refractivity contribution < 1.29 is 0 Å². The van der Waals surface area contributed by atoms with Gasteiger partial charge >= 0.3 is 0 Å². The van der Waals surface area contributed by atoms with Gasteiger partial charge in [0.2, 0.25) is 0 Å². The van der Waals surface area contributed by atoms with Crippen molar-refractivity contribution in [1.29, 1.82) is 0 Å². The first kappa shape index (κ1) is 15.4. The van der Waals surface area contributed by atoms with Crippen molar-refractivity contribution >= 4 is 5.69 Å². The van der Waals surface area contributed by atoms with Gasteiger partial charge in [-0.1, -0.05) is 44.4 Å². The summed E-state index contributed by atoms with van der Waals surface area (Å²) in [7, 11) is 2.10. The molecule has 0 aromatic heterocycles. The second-order valence-electron chi connectivity index (χ2n) is 6.35. The predicted molar refractivity (Wildman–Crippen MR) is 88.4 cm³/mol. The lowest BCUT2D eigenvalue weighted by molar-refractivity contribution is 0.290. The van der Waals surface area contributed by atoms with Crippen LogP contribution in [-0.2, 0) is 0 Å². The smallest absolute Gasteiger partial charge is 0.0366 e. The molecule has 1 aromatic rings. The molecule has 0 saturated heterocycles. The van der Waals surface area contributed by atoms with Crippen LogP contribution in [-0.4, -0.2) is 26.7 Å². The Kier molecular flexibility index (Phi) is 5.90. The fourth-order valence-electron chi connectivity index (χ4n) is 3.58. The van der Waals surface area contributed by atoms with Gasteiger partial charge in [-0.25, -0.2) is 0 Å². The molecule has 0 atom stereocenters. The average molecular weight is 274 g/mol. The molecular weight excluding hydrogens is 244 g/mol. The molecule has 2 nitrogen and oxygen atoms in total. The van der Waals surface area contributed by atoms with Gasteiger partial charge in [0.25, 0.3) is 0 Å². The van der Waals surface area contributed by atoms with E-state index < -0.39 is 0 Å². The summed E-state index contributed by atoms with van der Waals surface area (Å²) in [5, 5.41) is 3.44. The van der Waals surface area contributed by atoms with Gasteiger partial charge in [0.1, 0.15) is 0 Å². The summed E-state index contributed by atoms with van der Waals surface area (Å²) in [6, 6.07) is 11.0. The molecule has 112 valence electrons. The molecule has 2 rings (SSSR count). The third-order valence-electron chi connectivity index (χ3n) is 4.65. The molecule has 20 heavy (non-hydrogen) atoms. The van der Waals surface area contributed by atoms with Gasteiger partial charge < -0.3 is 10.2 Å². The van der Waals surface area contributed by atoms with Crippen LogP contribution in [0.25, 0.3) is 0 Å². The monoisotopic (exact) mass is 274 g/mol. The van der Waals surface area contributed by atoms with Gasteiger partial charge in [0.05, 0.1) is 0 Å². The summed E-state index contributed by atoms with van der Waals surface area (Å²) in [5.74, 6) is 0. The summed E-state index contributed by atoms with van der Waals surface area (Å²) < 4.78 is 0. The predicted octanol–water partition coefficient (Wildman–Crippen LogP) is 4.07. The van der Waals surface area contributed by atoms with Crippen LogP contribution < -0.4 is 10.2 Å². The molecule has 1 N–H and O–H groups in total. The van der Waals surface area contributed by atoms with Crippen LogP contribution in [0.2, 0.25) is 0 Å². The highest BCUT2D eigenvalue weighted by atomic mass is 15.1. The van der Waals surface area contributed by atoms with Crippen LogP contribution in [0.4, 0.5) is 5.69 Å².